The molecule has 0 radical (unpaired) electrons. The molecule has 1 amide bonds. The van der Waals surface area contributed by atoms with E-state index in [9.17, 15) is 4.79 Å². The van der Waals surface area contributed by atoms with Gasteiger partial charge in [0.1, 0.15) is 0 Å². The van der Waals surface area contributed by atoms with Crippen molar-refractivity contribution in [1.82, 2.24) is 4.90 Å². The van der Waals surface area contributed by atoms with Gasteiger partial charge in [-0.3, -0.25) is 9.69 Å². The van der Waals surface area contributed by atoms with E-state index in [2.05, 4.69) is 50.8 Å². The van der Waals surface area contributed by atoms with Crippen molar-refractivity contribution in [3.05, 3.63) is 29.8 Å². The molecule has 0 aromatic heterocycles. The molecule has 0 N–H and O–H groups in total. The van der Waals surface area contributed by atoms with Gasteiger partial charge in [0.25, 0.3) is 0 Å². The summed E-state index contributed by atoms with van der Waals surface area (Å²) in [5.74, 6) is 0.283. The van der Waals surface area contributed by atoms with Crippen molar-refractivity contribution >= 4 is 11.6 Å². The molecule has 2 rings (SSSR count). The lowest BCUT2D eigenvalue weighted by molar-refractivity contribution is -0.118. The molecule has 1 aromatic rings. The predicted molar refractivity (Wildman–Crippen MR) is 93.3 cm³/mol. The zero-order chi connectivity index (χ0) is 16.1. The quantitative estimate of drug-likeness (QED) is 0.796. The van der Waals surface area contributed by atoms with Gasteiger partial charge in [-0.25, -0.2) is 0 Å². The van der Waals surface area contributed by atoms with E-state index in [0.717, 1.165) is 38.0 Å². The van der Waals surface area contributed by atoms with Crippen LogP contribution in [0.4, 0.5) is 5.69 Å². The summed E-state index contributed by atoms with van der Waals surface area (Å²) in [6, 6.07) is 9.47. The molecule has 3 nitrogen and oxygen atoms in total. The van der Waals surface area contributed by atoms with Crippen LogP contribution in [0.5, 0.6) is 0 Å². The van der Waals surface area contributed by atoms with Crippen molar-refractivity contribution in [2.45, 2.75) is 65.5 Å². The maximum Gasteiger partial charge on any atom is 0.226 e. The van der Waals surface area contributed by atoms with Gasteiger partial charge in [-0.15, -0.1) is 0 Å². The van der Waals surface area contributed by atoms with Gasteiger partial charge in [0.2, 0.25) is 5.91 Å². The Hall–Kier alpha value is -1.35. The highest BCUT2D eigenvalue weighted by Crippen LogP contribution is 2.26. The Bertz CT molecular complexity index is 488. The summed E-state index contributed by atoms with van der Waals surface area (Å²) < 4.78 is 0. The fraction of sp³-hybridized carbons (Fsp3) is 0.632. The minimum absolute atomic E-state index is 0.283. The molecular weight excluding hydrogens is 272 g/mol. The lowest BCUT2D eigenvalue weighted by atomic mass is 10.1. The Balaban J connectivity index is 2.03. The Labute approximate surface area is 135 Å². The Morgan fingerprint density at radius 1 is 1.09 bits per heavy atom. The molecule has 122 valence electrons. The van der Waals surface area contributed by atoms with Crippen molar-refractivity contribution in [1.29, 1.82) is 0 Å². The van der Waals surface area contributed by atoms with E-state index in [1.165, 1.54) is 5.56 Å². The number of fused-ring (bicyclic) bond motifs is 1. The number of hydrogen-bond donors (Lipinski definition) is 0. The summed E-state index contributed by atoms with van der Waals surface area (Å²) >= 11 is 0. The monoisotopic (exact) mass is 302 g/mol. The number of carbonyl (C=O) groups excluding carboxylic acids is 1. The second-order valence-electron chi connectivity index (χ2n) is 6.81. The molecule has 0 atom stereocenters. The fourth-order valence-corrected chi connectivity index (χ4v) is 3.45. The lowest BCUT2D eigenvalue weighted by Crippen LogP contribution is -2.40. The molecule has 0 fully saturated rings. The van der Waals surface area contributed by atoms with Gasteiger partial charge < -0.3 is 4.90 Å². The van der Waals surface area contributed by atoms with Gasteiger partial charge in [0.05, 0.1) is 0 Å². The number of para-hydroxylation sites is 1. The molecule has 0 saturated carbocycles. The highest BCUT2D eigenvalue weighted by atomic mass is 16.2. The number of carbonyl (C=O) groups is 1. The molecule has 1 aliphatic heterocycles. The standard InChI is InChI=1S/C19H30N2O/c1-15(2)20(16(3)4)13-8-14-21-18-11-6-5-9-17(18)10-7-12-19(21)22/h5-6,9,11,15-16H,7-8,10,12-14H2,1-4H3. The minimum atomic E-state index is 0.283. The molecule has 22 heavy (non-hydrogen) atoms. The first-order valence-electron chi connectivity index (χ1n) is 8.64. The Kier molecular flexibility index (Phi) is 6.01. The molecule has 0 unspecified atom stereocenters. The average Bonchev–Trinajstić information content (AvgIpc) is 2.62. The third kappa shape index (κ3) is 4.10. The topological polar surface area (TPSA) is 23.6 Å². The summed E-state index contributed by atoms with van der Waals surface area (Å²) in [6.45, 7) is 10.8. The van der Waals surface area contributed by atoms with Crippen LogP contribution in [0.25, 0.3) is 0 Å². The van der Waals surface area contributed by atoms with E-state index >= 15 is 0 Å². The van der Waals surface area contributed by atoms with Gasteiger partial charge in [-0.2, -0.15) is 0 Å². The van der Waals surface area contributed by atoms with Crippen molar-refractivity contribution in [3.63, 3.8) is 0 Å². The first-order chi connectivity index (χ1) is 10.5. The lowest BCUT2D eigenvalue weighted by Gasteiger charge is -2.31. The molecule has 3 heteroatoms. The average molecular weight is 302 g/mol. The molecule has 0 aliphatic carbocycles. The number of amides is 1. The van der Waals surface area contributed by atoms with E-state index in [0.29, 0.717) is 18.5 Å². The summed E-state index contributed by atoms with van der Waals surface area (Å²) in [7, 11) is 0. The van der Waals surface area contributed by atoms with Gasteiger partial charge in [0, 0.05) is 37.3 Å². The second kappa shape index (κ2) is 7.77. The van der Waals surface area contributed by atoms with Crippen LogP contribution in [0, 0.1) is 0 Å². The third-order valence-electron chi connectivity index (χ3n) is 4.54. The highest BCUT2D eigenvalue weighted by Gasteiger charge is 2.22. The third-order valence-corrected chi connectivity index (χ3v) is 4.54. The van der Waals surface area contributed by atoms with Crippen LogP contribution in [0.15, 0.2) is 24.3 Å². The molecule has 1 aromatic carbocycles. The number of benzene rings is 1. The van der Waals surface area contributed by atoms with Crippen molar-refractivity contribution in [2.24, 2.45) is 0 Å². The normalized spacial score (nSPS) is 15.6. The van der Waals surface area contributed by atoms with Gasteiger partial charge in [-0.05, 0) is 58.6 Å². The smallest absolute Gasteiger partial charge is 0.226 e. The molecule has 1 aliphatic rings. The van der Waals surface area contributed by atoms with Gasteiger partial charge in [-0.1, -0.05) is 18.2 Å². The predicted octanol–water partition coefficient (Wildman–Crippen LogP) is 3.86. The van der Waals surface area contributed by atoms with Crippen LogP contribution >= 0.6 is 0 Å². The summed E-state index contributed by atoms with van der Waals surface area (Å²) in [6.07, 6.45) is 3.68. The second-order valence-corrected chi connectivity index (χ2v) is 6.81. The maximum atomic E-state index is 12.4. The van der Waals surface area contributed by atoms with Crippen LogP contribution in [0.3, 0.4) is 0 Å². The van der Waals surface area contributed by atoms with E-state index in [1.807, 2.05) is 11.0 Å². The van der Waals surface area contributed by atoms with Gasteiger partial charge >= 0.3 is 0 Å². The maximum absolute atomic E-state index is 12.4. The van der Waals surface area contributed by atoms with E-state index in [1.54, 1.807) is 0 Å². The molecular formula is C19H30N2O. The zero-order valence-electron chi connectivity index (χ0n) is 14.5. The number of nitrogens with zero attached hydrogens (tertiary/aromatic N) is 2. The van der Waals surface area contributed by atoms with Crippen LogP contribution in [-0.2, 0) is 11.2 Å². The van der Waals surface area contributed by atoms with Crippen LogP contribution in [0.2, 0.25) is 0 Å². The van der Waals surface area contributed by atoms with Crippen LogP contribution in [-0.4, -0.2) is 36.0 Å². The molecule has 1 heterocycles. The molecule has 0 saturated heterocycles. The summed E-state index contributed by atoms with van der Waals surface area (Å²) in [5.41, 5.74) is 2.45. The zero-order valence-corrected chi connectivity index (χ0v) is 14.5. The van der Waals surface area contributed by atoms with Crippen molar-refractivity contribution < 1.29 is 4.79 Å². The number of hydrogen-bond acceptors (Lipinski definition) is 2. The summed E-state index contributed by atoms with van der Waals surface area (Å²) in [4.78, 5) is 16.9. The Morgan fingerprint density at radius 3 is 2.45 bits per heavy atom. The van der Waals surface area contributed by atoms with E-state index < -0.39 is 0 Å². The molecule has 0 bridgehead atoms. The first kappa shape index (κ1) is 17.0. The number of rotatable bonds is 6. The minimum Gasteiger partial charge on any atom is -0.312 e. The largest absolute Gasteiger partial charge is 0.312 e. The van der Waals surface area contributed by atoms with Gasteiger partial charge in [0.15, 0.2) is 0 Å². The number of aryl methyl sites for hydroxylation is 1. The van der Waals surface area contributed by atoms with E-state index in [-0.39, 0.29) is 5.91 Å². The van der Waals surface area contributed by atoms with Crippen LogP contribution in [0.1, 0.15) is 52.5 Å². The SMILES string of the molecule is CC(C)N(CCCN1C(=O)CCCc2ccccc21)C(C)C. The Morgan fingerprint density at radius 2 is 1.77 bits per heavy atom. The van der Waals surface area contributed by atoms with Crippen LogP contribution < -0.4 is 4.90 Å². The first-order valence-corrected chi connectivity index (χ1v) is 8.64. The molecule has 0 spiro atoms. The number of anilines is 1. The van der Waals surface area contributed by atoms with Crippen molar-refractivity contribution in [3.8, 4) is 0 Å². The van der Waals surface area contributed by atoms with E-state index in [4.69, 9.17) is 0 Å². The summed E-state index contributed by atoms with van der Waals surface area (Å²) in [5, 5.41) is 0. The van der Waals surface area contributed by atoms with Crippen molar-refractivity contribution in [2.75, 3.05) is 18.0 Å². The highest BCUT2D eigenvalue weighted by molar-refractivity contribution is 5.94. The fourth-order valence-electron chi connectivity index (χ4n) is 3.45.